The molecule has 1 fully saturated rings. The fourth-order valence-corrected chi connectivity index (χ4v) is 2.77. The molecule has 2 aromatic rings. The Hall–Kier alpha value is -2.41. The van der Waals surface area contributed by atoms with Crippen LogP contribution in [0.4, 0.5) is 4.39 Å². The maximum Gasteiger partial charge on any atom is 0.255 e. The van der Waals surface area contributed by atoms with Crippen LogP contribution in [0.2, 0.25) is 0 Å². The van der Waals surface area contributed by atoms with Gasteiger partial charge in [0.2, 0.25) is 0 Å². The lowest BCUT2D eigenvalue weighted by molar-refractivity contribution is 0.0315. The van der Waals surface area contributed by atoms with Crippen molar-refractivity contribution in [2.24, 2.45) is 0 Å². The molecule has 0 aliphatic carbocycles. The summed E-state index contributed by atoms with van der Waals surface area (Å²) in [6.07, 6.45) is 2.79. The summed E-state index contributed by atoms with van der Waals surface area (Å²) in [4.78, 5) is 20.0. The first kappa shape index (κ1) is 15.5. The molecular formula is C16H18FN3O3. The second-order valence-corrected chi connectivity index (χ2v) is 5.73. The Balaban J connectivity index is 1.91. The SMILES string of the molecule is Cc1cnc(C2(NC(=O)c3ccc(O)cc3F)CCOCC2)[nH]1. The smallest absolute Gasteiger partial charge is 0.255 e. The van der Waals surface area contributed by atoms with Crippen LogP contribution in [0.15, 0.2) is 24.4 Å². The molecule has 3 N–H and O–H groups in total. The van der Waals surface area contributed by atoms with Gasteiger partial charge in [-0.15, -0.1) is 0 Å². The van der Waals surface area contributed by atoms with Gasteiger partial charge in [0, 0.05) is 44.0 Å². The van der Waals surface area contributed by atoms with Gasteiger partial charge in [0.15, 0.2) is 0 Å². The number of aromatic nitrogens is 2. The maximum atomic E-state index is 13.9. The molecular weight excluding hydrogens is 301 g/mol. The average molecular weight is 319 g/mol. The molecule has 6 nitrogen and oxygen atoms in total. The first-order chi connectivity index (χ1) is 11.0. The number of rotatable bonds is 3. The third-order valence-corrected chi connectivity index (χ3v) is 4.05. The second kappa shape index (κ2) is 6.00. The summed E-state index contributed by atoms with van der Waals surface area (Å²) in [6, 6.07) is 3.47. The van der Waals surface area contributed by atoms with Crippen molar-refractivity contribution in [1.82, 2.24) is 15.3 Å². The van der Waals surface area contributed by atoms with E-state index in [2.05, 4.69) is 15.3 Å². The van der Waals surface area contributed by atoms with Crippen molar-refractivity contribution in [1.29, 1.82) is 0 Å². The summed E-state index contributed by atoms with van der Waals surface area (Å²) in [7, 11) is 0. The van der Waals surface area contributed by atoms with Crippen LogP contribution in [-0.2, 0) is 10.3 Å². The molecule has 0 saturated carbocycles. The number of carbonyl (C=O) groups excluding carboxylic acids is 1. The minimum Gasteiger partial charge on any atom is -0.508 e. The van der Waals surface area contributed by atoms with Gasteiger partial charge in [-0.3, -0.25) is 4.79 Å². The number of hydrogen-bond donors (Lipinski definition) is 3. The Kier molecular flexibility index (Phi) is 4.04. The number of ether oxygens (including phenoxy) is 1. The van der Waals surface area contributed by atoms with E-state index in [-0.39, 0.29) is 11.3 Å². The lowest BCUT2D eigenvalue weighted by Gasteiger charge is -2.36. The van der Waals surface area contributed by atoms with Crippen LogP contribution in [0.1, 0.15) is 34.7 Å². The molecule has 1 aliphatic rings. The van der Waals surface area contributed by atoms with Crippen LogP contribution in [0.3, 0.4) is 0 Å². The number of phenols is 1. The predicted octanol–water partition coefficient (Wildman–Crippen LogP) is 2.00. The molecule has 0 radical (unpaired) electrons. The quantitative estimate of drug-likeness (QED) is 0.807. The fraction of sp³-hybridized carbons (Fsp3) is 0.375. The van der Waals surface area contributed by atoms with E-state index in [0.29, 0.717) is 31.9 Å². The van der Waals surface area contributed by atoms with Crippen molar-refractivity contribution >= 4 is 5.91 Å². The first-order valence-corrected chi connectivity index (χ1v) is 7.41. The molecule has 23 heavy (non-hydrogen) atoms. The number of imidazole rings is 1. The molecule has 0 spiro atoms. The molecule has 3 rings (SSSR count). The van der Waals surface area contributed by atoms with E-state index < -0.39 is 17.3 Å². The number of nitrogens with zero attached hydrogens (tertiary/aromatic N) is 1. The summed E-state index contributed by atoms with van der Waals surface area (Å²) < 4.78 is 19.3. The van der Waals surface area contributed by atoms with Gasteiger partial charge >= 0.3 is 0 Å². The monoisotopic (exact) mass is 319 g/mol. The molecule has 1 aromatic carbocycles. The second-order valence-electron chi connectivity index (χ2n) is 5.73. The van der Waals surface area contributed by atoms with Gasteiger partial charge in [-0.1, -0.05) is 0 Å². The first-order valence-electron chi connectivity index (χ1n) is 7.41. The number of aromatic amines is 1. The minimum absolute atomic E-state index is 0.114. The summed E-state index contributed by atoms with van der Waals surface area (Å²) >= 11 is 0. The standard InChI is InChI=1S/C16H18FN3O3/c1-10-9-18-15(19-10)16(4-6-23-7-5-16)20-14(22)12-3-2-11(21)8-13(12)17/h2-3,8-9,21H,4-7H2,1H3,(H,18,19)(H,20,22). The van der Waals surface area contributed by atoms with Crippen molar-refractivity contribution in [3.8, 4) is 5.75 Å². The molecule has 1 amide bonds. The Labute approximate surface area is 132 Å². The molecule has 1 aromatic heterocycles. The van der Waals surface area contributed by atoms with Gasteiger partial charge in [-0.05, 0) is 19.1 Å². The van der Waals surface area contributed by atoms with Crippen molar-refractivity contribution in [3.05, 3.63) is 47.3 Å². The fourth-order valence-electron chi connectivity index (χ4n) is 2.77. The topological polar surface area (TPSA) is 87.2 Å². The summed E-state index contributed by atoms with van der Waals surface area (Å²) in [6.45, 7) is 2.85. The van der Waals surface area contributed by atoms with Gasteiger partial charge in [0.25, 0.3) is 5.91 Å². The van der Waals surface area contributed by atoms with E-state index in [1.165, 1.54) is 12.1 Å². The zero-order valence-corrected chi connectivity index (χ0v) is 12.7. The van der Waals surface area contributed by atoms with Crippen LogP contribution < -0.4 is 5.32 Å². The number of aryl methyl sites for hydroxylation is 1. The van der Waals surface area contributed by atoms with Crippen molar-refractivity contribution in [3.63, 3.8) is 0 Å². The van der Waals surface area contributed by atoms with E-state index in [0.717, 1.165) is 11.8 Å². The normalized spacial score (nSPS) is 17.0. The Bertz CT molecular complexity index is 723. The Morgan fingerprint density at radius 1 is 1.43 bits per heavy atom. The average Bonchev–Trinajstić information content (AvgIpc) is 2.95. The number of aromatic hydroxyl groups is 1. The lowest BCUT2D eigenvalue weighted by Crippen LogP contribution is -2.50. The largest absolute Gasteiger partial charge is 0.508 e. The maximum absolute atomic E-state index is 13.9. The number of hydrogen-bond acceptors (Lipinski definition) is 4. The molecule has 122 valence electrons. The molecule has 1 aliphatic heterocycles. The van der Waals surface area contributed by atoms with E-state index >= 15 is 0 Å². The minimum atomic E-state index is -0.764. The van der Waals surface area contributed by atoms with Crippen LogP contribution in [0.25, 0.3) is 0 Å². The molecule has 0 atom stereocenters. The summed E-state index contributed by atoms with van der Waals surface area (Å²) in [5.74, 6) is -0.883. The third kappa shape index (κ3) is 3.05. The zero-order chi connectivity index (χ0) is 16.4. The van der Waals surface area contributed by atoms with Crippen LogP contribution >= 0.6 is 0 Å². The van der Waals surface area contributed by atoms with Gasteiger partial charge in [-0.2, -0.15) is 0 Å². The Morgan fingerprint density at radius 2 is 2.17 bits per heavy atom. The predicted molar refractivity (Wildman–Crippen MR) is 80.6 cm³/mol. The number of H-pyrrole nitrogens is 1. The number of carbonyl (C=O) groups is 1. The van der Waals surface area contributed by atoms with Crippen molar-refractivity contribution in [2.45, 2.75) is 25.3 Å². The molecule has 0 unspecified atom stereocenters. The van der Waals surface area contributed by atoms with E-state index in [4.69, 9.17) is 4.74 Å². The van der Waals surface area contributed by atoms with E-state index in [1.54, 1.807) is 6.20 Å². The highest BCUT2D eigenvalue weighted by atomic mass is 19.1. The molecule has 0 bridgehead atoms. The van der Waals surface area contributed by atoms with Crippen molar-refractivity contribution in [2.75, 3.05) is 13.2 Å². The lowest BCUT2D eigenvalue weighted by atomic mass is 9.88. The highest BCUT2D eigenvalue weighted by molar-refractivity contribution is 5.95. The third-order valence-electron chi connectivity index (χ3n) is 4.05. The van der Waals surface area contributed by atoms with Gasteiger partial charge in [0.1, 0.15) is 22.9 Å². The summed E-state index contributed by atoms with van der Waals surface area (Å²) in [5, 5.41) is 12.2. The highest BCUT2D eigenvalue weighted by Gasteiger charge is 2.39. The zero-order valence-electron chi connectivity index (χ0n) is 12.7. The van der Waals surface area contributed by atoms with Crippen LogP contribution in [0, 0.1) is 12.7 Å². The summed E-state index contributed by atoms with van der Waals surface area (Å²) in [5.41, 5.74) is 0.0568. The van der Waals surface area contributed by atoms with Crippen LogP contribution in [-0.4, -0.2) is 34.2 Å². The van der Waals surface area contributed by atoms with Gasteiger partial charge in [-0.25, -0.2) is 9.37 Å². The van der Waals surface area contributed by atoms with E-state index in [1.807, 2.05) is 6.92 Å². The Morgan fingerprint density at radius 3 is 2.78 bits per heavy atom. The number of amides is 1. The molecule has 2 heterocycles. The van der Waals surface area contributed by atoms with Crippen molar-refractivity contribution < 1.29 is 19.0 Å². The molecule has 1 saturated heterocycles. The number of nitrogens with one attached hydrogen (secondary N) is 2. The number of phenolic OH excluding ortho intramolecular Hbond substituents is 1. The number of halogens is 1. The van der Waals surface area contributed by atoms with Gasteiger partial charge < -0.3 is 20.1 Å². The van der Waals surface area contributed by atoms with Crippen LogP contribution in [0.5, 0.6) is 5.75 Å². The number of benzene rings is 1. The van der Waals surface area contributed by atoms with E-state index in [9.17, 15) is 14.3 Å². The highest BCUT2D eigenvalue weighted by Crippen LogP contribution is 2.31. The van der Waals surface area contributed by atoms with Gasteiger partial charge in [0.05, 0.1) is 5.56 Å². The molecule has 7 heteroatoms.